The first-order valence-corrected chi connectivity index (χ1v) is 36.4. The van der Waals surface area contributed by atoms with E-state index < -0.39 is 70.6 Å². The molecular weight excluding hydrogens is 1470 g/mol. The van der Waals surface area contributed by atoms with Crippen molar-refractivity contribution in [3.05, 3.63) is 167 Å². The van der Waals surface area contributed by atoms with Crippen molar-refractivity contribution in [3.63, 3.8) is 0 Å². The Bertz CT molecular complexity index is 4230. The number of piperazine rings is 2. The van der Waals surface area contributed by atoms with Gasteiger partial charge < -0.3 is 65.4 Å². The second-order valence-corrected chi connectivity index (χ2v) is 26.9. The van der Waals surface area contributed by atoms with Gasteiger partial charge in [0.05, 0.1) is 62.0 Å². The number of cyclic esters (lactones) is 2. The third kappa shape index (κ3) is 22.3. The van der Waals surface area contributed by atoms with Crippen molar-refractivity contribution in [2.24, 2.45) is 0 Å². The van der Waals surface area contributed by atoms with Crippen molar-refractivity contribution >= 4 is 122 Å². The number of ether oxygens (including phenoxy) is 3. The first-order chi connectivity index (χ1) is 52.6. The number of aldehydes is 1. The number of hydrazine groups is 2. The summed E-state index contributed by atoms with van der Waals surface area (Å²) in [5, 5.41) is 8.01. The molecule has 6 aromatic carbocycles. The van der Waals surface area contributed by atoms with Crippen LogP contribution in [0.25, 0.3) is 11.1 Å². The highest BCUT2D eigenvalue weighted by Crippen LogP contribution is 2.45. The second-order valence-electron chi connectivity index (χ2n) is 26.1. The fourth-order valence-electron chi connectivity index (χ4n) is 13.1. The van der Waals surface area contributed by atoms with E-state index >= 15 is 8.78 Å². The molecule has 7 N–H and O–H groups in total. The molecule has 0 saturated carbocycles. The van der Waals surface area contributed by atoms with E-state index in [4.69, 9.17) is 14.2 Å². The largest absolute Gasteiger partial charge is 0.459 e. The van der Waals surface area contributed by atoms with Crippen LogP contribution in [-0.4, -0.2) is 210 Å². The quantitative estimate of drug-likeness (QED) is 0.00265. The van der Waals surface area contributed by atoms with E-state index in [9.17, 15) is 60.7 Å². The minimum Gasteiger partial charge on any atom is -0.459 e. The van der Waals surface area contributed by atoms with Crippen LogP contribution in [-0.2, 0) is 38.2 Å². The molecule has 0 aromatic heterocycles. The van der Waals surface area contributed by atoms with Crippen molar-refractivity contribution in [1.82, 2.24) is 36.6 Å². The first kappa shape index (κ1) is 80.9. The van der Waals surface area contributed by atoms with Crippen molar-refractivity contribution < 1.29 is 83.7 Å². The number of hydrogen-bond donors (Lipinski definition) is 7. The predicted molar refractivity (Wildman–Crippen MR) is 405 cm³/mol. The Hall–Kier alpha value is -10.6. The van der Waals surface area contributed by atoms with Gasteiger partial charge in [0.15, 0.2) is 11.6 Å². The standard InChI is InChI=1S/C43H41F3N6O7S.C28H31F3N6O5S.C5H11N/c44-35-21-28(52-24-29(59-43(52)57)22-47-41(60)40(45)46)12-13-36(35)50-16-18-51(19-17-50)39(55)15-14-37(53)26-6-5-7-27(20-26)49-48-23-38(54)42(56)58-25-34-32-10-3-1-8-30(32)31-9-2-4-11-33(31)34;29-22-15-20(37-17-21(42-28(37)41)16-32-27(43)26(30)31)4-5-23(22)35-9-11-36(12-10-35)25(40)7-6-24(39)18-2-1-3-19(14-18)34-33-8-13-38;1-2-4-6-5-3-1/h1-13,20-21,29,34,40,48-49H,14-19,22-25H2,(H,47,60);1-5,13-15,21,26,33-34H,6-12,16-17H2,(H,32,43);6H,1-5H2/t29-;21-;/m00./s1. The number of piperidine rings is 1. The van der Waals surface area contributed by atoms with Crippen LogP contribution >= 0.6 is 24.4 Å². The van der Waals surface area contributed by atoms with Crippen LogP contribution in [0.2, 0.25) is 0 Å². The number of anilines is 6. The van der Waals surface area contributed by atoms with Gasteiger partial charge in [-0.2, -0.15) is 0 Å². The fourth-order valence-corrected chi connectivity index (χ4v) is 13.2. The Kier molecular flexibility index (Phi) is 29.3. The van der Waals surface area contributed by atoms with Gasteiger partial charge in [-0.1, -0.05) is 104 Å². The third-order valence-corrected chi connectivity index (χ3v) is 19.4. The van der Waals surface area contributed by atoms with Gasteiger partial charge in [0.2, 0.25) is 11.8 Å². The molecule has 5 fully saturated rings. The minimum absolute atomic E-state index is 0.0228. The summed E-state index contributed by atoms with van der Waals surface area (Å²) in [4.78, 5) is 120. The summed E-state index contributed by atoms with van der Waals surface area (Å²) < 4.78 is 96.7. The molecule has 33 heteroatoms. The van der Waals surface area contributed by atoms with E-state index in [2.05, 4.69) is 62.1 Å². The number of alkyl halides is 4. The predicted octanol–water partition coefficient (Wildman–Crippen LogP) is 9.01. The van der Waals surface area contributed by atoms with Gasteiger partial charge in [-0.25, -0.2) is 51.6 Å². The molecule has 0 bridgehead atoms. The van der Waals surface area contributed by atoms with Gasteiger partial charge in [-0.05, 0) is 109 Å². The Morgan fingerprint density at radius 3 is 1.41 bits per heavy atom. The molecule has 578 valence electrons. The molecule has 4 amide bonds. The maximum absolute atomic E-state index is 15.3. The third-order valence-electron chi connectivity index (χ3n) is 18.8. The van der Waals surface area contributed by atoms with E-state index in [-0.39, 0.29) is 112 Å². The van der Waals surface area contributed by atoms with Crippen molar-refractivity contribution in [3.8, 4) is 11.1 Å². The van der Waals surface area contributed by atoms with Crippen LogP contribution in [0.1, 0.15) is 82.7 Å². The Labute approximate surface area is 635 Å². The van der Waals surface area contributed by atoms with Crippen LogP contribution in [0.3, 0.4) is 0 Å². The summed E-state index contributed by atoms with van der Waals surface area (Å²) in [7, 11) is 0. The lowest BCUT2D eigenvalue weighted by Gasteiger charge is -2.36. The highest BCUT2D eigenvalue weighted by molar-refractivity contribution is 7.80. The molecule has 0 radical (unpaired) electrons. The Morgan fingerprint density at radius 2 is 1.00 bits per heavy atom. The van der Waals surface area contributed by atoms with E-state index in [1.807, 2.05) is 48.5 Å². The molecule has 25 nitrogen and oxygen atoms in total. The zero-order chi connectivity index (χ0) is 77.5. The SMILES string of the molecule is C1CCNCC1.O=C(CNNc1cccc(C(=O)CCC(=O)N2CCN(c3ccc(N4C[C@H](CNC(=S)C(F)F)OC4=O)cc3F)CC2)c1)C(=O)OCC1c2ccccc2-c2ccccc21.O=CCNNc1cccc(C(=O)CCC(=O)N2CCN(c3ccc(N4C[C@H](CNC(=S)C(F)F)OC4=O)cc3F)CC2)c1. The van der Waals surface area contributed by atoms with Gasteiger partial charge in [0.25, 0.3) is 18.6 Å². The summed E-state index contributed by atoms with van der Waals surface area (Å²) >= 11 is 9.07. The molecule has 2 atom stereocenters. The Morgan fingerprint density at radius 1 is 0.550 bits per heavy atom. The summed E-state index contributed by atoms with van der Waals surface area (Å²) in [5.41, 5.74) is 18.3. The highest BCUT2D eigenvalue weighted by atomic mass is 32.1. The molecule has 12 rings (SSSR count). The zero-order valence-corrected chi connectivity index (χ0v) is 60.9. The summed E-state index contributed by atoms with van der Waals surface area (Å²) in [6.07, 6.45) is -3.65. The number of Topliss-reactive ketones (excluding diaryl/α,β-unsaturated/α-hetero) is 3. The van der Waals surface area contributed by atoms with Crippen LogP contribution in [0.15, 0.2) is 133 Å². The van der Waals surface area contributed by atoms with Gasteiger partial charge in [0, 0.05) is 106 Å². The lowest BCUT2D eigenvalue weighted by Crippen LogP contribution is -2.49. The molecule has 0 spiro atoms. The highest BCUT2D eigenvalue weighted by Gasteiger charge is 2.37. The number of amides is 4. The maximum Gasteiger partial charge on any atom is 0.414 e. The molecule has 6 aromatic rings. The lowest BCUT2D eigenvalue weighted by atomic mass is 9.98. The molecule has 6 aliphatic rings. The maximum atomic E-state index is 15.3. The molecular formula is C76H83F6N13O12S2. The number of benzene rings is 6. The number of hydrogen-bond acceptors (Lipinski definition) is 21. The number of fused-ring (bicyclic) bond motifs is 3. The van der Waals surface area contributed by atoms with Crippen molar-refractivity contribution in [2.45, 2.75) is 75.9 Å². The first-order valence-electron chi connectivity index (χ1n) is 35.6. The monoisotopic (exact) mass is 1550 g/mol. The summed E-state index contributed by atoms with van der Waals surface area (Å²) in [6, 6.07) is 37.7. The van der Waals surface area contributed by atoms with Crippen LogP contribution in [0, 0.1) is 11.6 Å². The molecule has 109 heavy (non-hydrogen) atoms. The zero-order valence-electron chi connectivity index (χ0n) is 59.3. The molecule has 1 aliphatic carbocycles. The molecule has 5 aliphatic heterocycles. The minimum atomic E-state index is -2.83. The van der Waals surface area contributed by atoms with Crippen molar-refractivity contribution in [1.29, 1.82) is 0 Å². The number of carbonyl (C=O) groups excluding carboxylic acids is 9. The number of nitrogens with one attached hydrogen (secondary N) is 7. The number of rotatable bonds is 29. The smallest absolute Gasteiger partial charge is 0.414 e. The van der Waals surface area contributed by atoms with E-state index in [1.165, 1.54) is 60.4 Å². The molecule has 0 unspecified atom stereocenters. The average molecular weight is 1550 g/mol. The number of carbonyl (C=O) groups is 9. The number of thiocarbonyl (C=S) groups is 2. The van der Waals surface area contributed by atoms with Crippen LogP contribution in [0.4, 0.5) is 70.1 Å². The number of nitrogens with zero attached hydrogens (tertiary/aromatic N) is 6. The van der Waals surface area contributed by atoms with Gasteiger partial charge >= 0.3 is 18.2 Å². The summed E-state index contributed by atoms with van der Waals surface area (Å²) in [5.74, 6) is -3.88. The van der Waals surface area contributed by atoms with Crippen LogP contribution in [0.5, 0.6) is 0 Å². The van der Waals surface area contributed by atoms with Gasteiger partial charge in [-0.3, -0.25) is 33.8 Å². The summed E-state index contributed by atoms with van der Waals surface area (Å²) in [6.45, 7) is 4.90. The average Bonchev–Trinajstić information content (AvgIpc) is 1.62. The number of halogens is 6. The van der Waals surface area contributed by atoms with Crippen molar-refractivity contribution in [2.75, 3.05) is 142 Å². The molecule has 5 saturated heterocycles. The second kappa shape index (κ2) is 39.5. The molecule has 5 heterocycles. The van der Waals surface area contributed by atoms with E-state index in [0.717, 1.165) is 22.3 Å². The number of esters is 1. The Balaban J connectivity index is 0.000000226. The topological polar surface area (TPSA) is 285 Å². The fraction of sp³-hybridized carbons (Fsp3) is 0.382. The van der Waals surface area contributed by atoms with Crippen LogP contribution < -0.4 is 57.3 Å². The number of ketones is 3. The van der Waals surface area contributed by atoms with Gasteiger partial charge in [0.1, 0.15) is 46.7 Å². The lowest BCUT2D eigenvalue weighted by molar-refractivity contribution is -0.153. The normalized spacial score (nSPS) is 16.7. The van der Waals surface area contributed by atoms with E-state index in [1.54, 1.807) is 86.3 Å². The van der Waals surface area contributed by atoms with E-state index in [0.29, 0.717) is 92.5 Å². The van der Waals surface area contributed by atoms with Gasteiger partial charge in [-0.15, -0.1) is 0 Å².